The van der Waals surface area contributed by atoms with Gasteiger partial charge in [0.15, 0.2) is 0 Å². The fourth-order valence-corrected chi connectivity index (χ4v) is 4.54. The zero-order valence-electron chi connectivity index (χ0n) is 17.0. The van der Waals surface area contributed by atoms with Crippen molar-refractivity contribution in [2.75, 3.05) is 19.3 Å². The Morgan fingerprint density at radius 2 is 1.90 bits per heavy atom. The highest BCUT2D eigenvalue weighted by Crippen LogP contribution is 2.30. The van der Waals surface area contributed by atoms with Gasteiger partial charge in [0.1, 0.15) is 35.4 Å². The molecular formula is C21H23F4N3O2S. The van der Waals surface area contributed by atoms with Crippen LogP contribution in [-0.2, 0) is 17.8 Å². The van der Waals surface area contributed by atoms with E-state index in [1.807, 2.05) is 0 Å². The summed E-state index contributed by atoms with van der Waals surface area (Å²) in [7, 11) is 1.40. The summed E-state index contributed by atoms with van der Waals surface area (Å²) in [6.45, 7) is 1.43. The second kappa shape index (κ2) is 9.88. The van der Waals surface area contributed by atoms with Crippen LogP contribution in [0.3, 0.4) is 0 Å². The molecule has 2 aromatic rings. The quantitative estimate of drug-likeness (QED) is 0.517. The lowest BCUT2D eigenvalue weighted by Gasteiger charge is -2.28. The third-order valence-corrected chi connectivity index (χ3v) is 6.32. The number of carbonyl (C=O) groups excluding carboxylic acids is 1. The molecule has 1 heterocycles. The number of likely N-dealkylation sites (tertiary alicyclic amines) is 1. The van der Waals surface area contributed by atoms with Gasteiger partial charge in [-0.25, -0.2) is 22.4 Å². The highest BCUT2D eigenvalue weighted by molar-refractivity contribution is 7.89. The van der Waals surface area contributed by atoms with Gasteiger partial charge in [0.25, 0.3) is 0 Å². The van der Waals surface area contributed by atoms with Crippen molar-refractivity contribution in [3.05, 3.63) is 59.4 Å². The molecule has 0 saturated carbocycles. The SMILES string of the molecule is CC[S+]([O-])N[C@H]1[C@@H](F)CN(C(=O)NC)[C@H]1Cc1cccc(-c2cc(F)cc(F)c2)c1F. The minimum absolute atomic E-state index is 0.0150. The normalized spacial score (nSPS) is 21.9. The monoisotopic (exact) mass is 457 g/mol. The van der Waals surface area contributed by atoms with Crippen LogP contribution in [0.2, 0.25) is 0 Å². The number of nitrogens with one attached hydrogen (secondary N) is 2. The first-order valence-electron chi connectivity index (χ1n) is 9.76. The standard InChI is InChI=1S/C21H23F4N3O2S/c1-3-31(30)27-20-17(24)11-28(21(29)26-2)18(20)9-12-5-4-6-16(19(12)25)13-7-14(22)10-15(23)8-13/h4-8,10,17-18,20,27H,3,9,11H2,1-2H3,(H,26,29)/t17-,18-,20-,31?/m0/s1. The summed E-state index contributed by atoms with van der Waals surface area (Å²) in [6.07, 6.45) is -1.58. The smallest absolute Gasteiger partial charge is 0.317 e. The van der Waals surface area contributed by atoms with E-state index in [2.05, 4.69) is 10.0 Å². The Balaban J connectivity index is 1.96. The first kappa shape index (κ1) is 23.4. The summed E-state index contributed by atoms with van der Waals surface area (Å²) in [5.41, 5.74) is 0.152. The zero-order valence-corrected chi connectivity index (χ0v) is 17.8. The van der Waals surface area contributed by atoms with E-state index in [0.717, 1.165) is 12.1 Å². The predicted molar refractivity (Wildman–Crippen MR) is 111 cm³/mol. The van der Waals surface area contributed by atoms with Crippen LogP contribution in [0, 0.1) is 17.5 Å². The minimum atomic E-state index is -1.52. The van der Waals surface area contributed by atoms with Crippen molar-refractivity contribution in [3.8, 4) is 11.1 Å². The van der Waals surface area contributed by atoms with Gasteiger partial charge >= 0.3 is 6.03 Å². The Morgan fingerprint density at radius 3 is 2.52 bits per heavy atom. The molecule has 0 spiro atoms. The molecule has 1 unspecified atom stereocenters. The number of hydrogen-bond donors (Lipinski definition) is 2. The summed E-state index contributed by atoms with van der Waals surface area (Å²) in [4.78, 5) is 13.5. The summed E-state index contributed by atoms with van der Waals surface area (Å²) in [5.74, 6) is -2.16. The summed E-state index contributed by atoms with van der Waals surface area (Å²) in [6, 6.07) is 4.78. The van der Waals surface area contributed by atoms with Crippen LogP contribution in [0.4, 0.5) is 22.4 Å². The first-order chi connectivity index (χ1) is 14.7. The number of nitrogens with zero attached hydrogens (tertiary/aromatic N) is 1. The lowest BCUT2D eigenvalue weighted by atomic mass is 9.95. The highest BCUT2D eigenvalue weighted by atomic mass is 32.2. The molecule has 2 N–H and O–H groups in total. The summed E-state index contributed by atoms with van der Waals surface area (Å²) >= 11 is -1.52. The van der Waals surface area contributed by atoms with Gasteiger partial charge in [-0.1, -0.05) is 18.2 Å². The molecule has 1 aliphatic heterocycles. The largest absolute Gasteiger partial charge is 0.598 e. The van der Waals surface area contributed by atoms with Crippen LogP contribution < -0.4 is 10.0 Å². The van der Waals surface area contributed by atoms with Crippen LogP contribution in [0.15, 0.2) is 36.4 Å². The average Bonchev–Trinajstić information content (AvgIpc) is 3.03. The van der Waals surface area contributed by atoms with E-state index in [1.165, 1.54) is 30.1 Å². The Morgan fingerprint density at radius 1 is 1.23 bits per heavy atom. The van der Waals surface area contributed by atoms with Crippen LogP contribution in [0.1, 0.15) is 12.5 Å². The van der Waals surface area contributed by atoms with E-state index in [1.54, 1.807) is 6.92 Å². The number of carbonyl (C=O) groups is 1. The number of rotatable bonds is 6. The van der Waals surface area contributed by atoms with Gasteiger partial charge in [-0.3, -0.25) is 0 Å². The van der Waals surface area contributed by atoms with E-state index in [4.69, 9.17) is 0 Å². The third-order valence-electron chi connectivity index (χ3n) is 5.26. The Bertz CT molecular complexity index is 929. The molecule has 168 valence electrons. The second-order valence-electron chi connectivity index (χ2n) is 7.21. The van der Waals surface area contributed by atoms with Gasteiger partial charge in [0, 0.05) is 30.0 Å². The topological polar surface area (TPSA) is 67.4 Å². The molecular weight excluding hydrogens is 434 g/mol. The molecule has 10 heteroatoms. The molecule has 5 nitrogen and oxygen atoms in total. The molecule has 0 bridgehead atoms. The van der Waals surface area contributed by atoms with Gasteiger partial charge in [-0.05, 0) is 36.6 Å². The van der Waals surface area contributed by atoms with Crippen molar-refractivity contribution < 1.29 is 26.9 Å². The van der Waals surface area contributed by atoms with E-state index >= 15 is 4.39 Å². The number of hydrogen-bond acceptors (Lipinski definition) is 3. The van der Waals surface area contributed by atoms with Crippen molar-refractivity contribution in [2.45, 2.75) is 31.6 Å². The van der Waals surface area contributed by atoms with Crippen molar-refractivity contribution >= 4 is 17.4 Å². The highest BCUT2D eigenvalue weighted by Gasteiger charge is 2.46. The third kappa shape index (κ3) is 5.13. The Labute approximate surface area is 181 Å². The number of alkyl halides is 1. The molecule has 4 atom stereocenters. The van der Waals surface area contributed by atoms with E-state index in [-0.39, 0.29) is 35.4 Å². The van der Waals surface area contributed by atoms with Crippen molar-refractivity contribution in [2.24, 2.45) is 0 Å². The fraction of sp³-hybridized carbons (Fsp3) is 0.381. The number of urea groups is 1. The molecule has 1 aliphatic rings. The second-order valence-corrected chi connectivity index (χ2v) is 8.71. The minimum Gasteiger partial charge on any atom is -0.598 e. The van der Waals surface area contributed by atoms with Crippen LogP contribution in [0.25, 0.3) is 11.1 Å². The maximum Gasteiger partial charge on any atom is 0.317 e. The van der Waals surface area contributed by atoms with Crippen molar-refractivity contribution in [1.29, 1.82) is 0 Å². The molecule has 31 heavy (non-hydrogen) atoms. The van der Waals surface area contributed by atoms with Crippen LogP contribution in [-0.4, -0.2) is 53.1 Å². The Kier molecular flexibility index (Phi) is 7.45. The molecule has 2 aromatic carbocycles. The molecule has 2 amide bonds. The molecule has 0 aliphatic carbocycles. The van der Waals surface area contributed by atoms with Crippen molar-refractivity contribution in [3.63, 3.8) is 0 Å². The fourth-order valence-electron chi connectivity index (χ4n) is 3.77. The van der Waals surface area contributed by atoms with Gasteiger partial charge < -0.3 is 14.8 Å². The van der Waals surface area contributed by atoms with Gasteiger partial charge in [-0.15, -0.1) is 4.72 Å². The average molecular weight is 457 g/mol. The molecule has 0 aromatic heterocycles. The molecule has 3 rings (SSSR count). The predicted octanol–water partition coefficient (Wildman–Crippen LogP) is 3.32. The summed E-state index contributed by atoms with van der Waals surface area (Å²) < 4.78 is 71.9. The number of benzene rings is 2. The van der Waals surface area contributed by atoms with Gasteiger partial charge in [0.2, 0.25) is 0 Å². The van der Waals surface area contributed by atoms with E-state index in [0.29, 0.717) is 6.07 Å². The van der Waals surface area contributed by atoms with Crippen LogP contribution in [0.5, 0.6) is 0 Å². The number of halogens is 4. The number of amides is 2. The molecule has 0 radical (unpaired) electrons. The van der Waals surface area contributed by atoms with E-state index < -0.39 is 53.1 Å². The van der Waals surface area contributed by atoms with Crippen LogP contribution >= 0.6 is 0 Å². The molecule has 1 fully saturated rings. The maximum atomic E-state index is 15.3. The zero-order chi connectivity index (χ0) is 22.7. The lowest BCUT2D eigenvalue weighted by molar-refractivity contribution is 0.190. The maximum absolute atomic E-state index is 15.3. The van der Waals surface area contributed by atoms with Crippen molar-refractivity contribution in [1.82, 2.24) is 14.9 Å². The Hall–Kier alpha value is -2.30. The molecule has 1 saturated heterocycles. The van der Waals surface area contributed by atoms with E-state index in [9.17, 15) is 22.5 Å². The van der Waals surface area contributed by atoms with Gasteiger partial charge in [-0.2, -0.15) is 0 Å². The first-order valence-corrected chi connectivity index (χ1v) is 11.1. The lowest BCUT2D eigenvalue weighted by Crippen LogP contribution is -2.51. The summed E-state index contributed by atoms with van der Waals surface area (Å²) in [5, 5.41) is 2.43. The van der Waals surface area contributed by atoms with Gasteiger partial charge in [0.05, 0.1) is 12.6 Å².